The van der Waals surface area contributed by atoms with Crippen molar-refractivity contribution in [1.82, 2.24) is 4.90 Å². The molecule has 1 aliphatic rings. The molecule has 1 saturated carbocycles. The zero-order valence-corrected chi connectivity index (χ0v) is 11.2. The molecule has 0 bridgehead atoms. The average Bonchev–Trinajstić information content (AvgIpc) is 2.40. The monoisotopic (exact) mass is 250 g/mol. The number of halogens is 1. The summed E-state index contributed by atoms with van der Waals surface area (Å²) in [7, 11) is 2.14. The topological polar surface area (TPSA) is 29.3 Å². The largest absolute Gasteiger partial charge is 0.326 e. The number of hydrogen-bond donors (Lipinski definition) is 1. The van der Waals surface area contributed by atoms with E-state index in [0.29, 0.717) is 12.6 Å². The molecule has 100 valence electrons. The second kappa shape index (κ2) is 6.30. The lowest BCUT2D eigenvalue weighted by Gasteiger charge is -2.31. The molecule has 2 N–H and O–H groups in total. The molecule has 18 heavy (non-hydrogen) atoms. The Morgan fingerprint density at radius 3 is 2.61 bits per heavy atom. The molecule has 2 rings (SSSR count). The van der Waals surface area contributed by atoms with E-state index >= 15 is 0 Å². The minimum atomic E-state index is -0.167. The van der Waals surface area contributed by atoms with Crippen LogP contribution in [0.2, 0.25) is 0 Å². The quantitative estimate of drug-likeness (QED) is 0.890. The van der Waals surface area contributed by atoms with E-state index in [2.05, 4.69) is 11.9 Å². The third-order valence-electron chi connectivity index (χ3n) is 4.01. The van der Waals surface area contributed by atoms with Crippen molar-refractivity contribution in [1.29, 1.82) is 0 Å². The summed E-state index contributed by atoms with van der Waals surface area (Å²) in [4.78, 5) is 2.35. The first-order chi connectivity index (χ1) is 8.70. The van der Waals surface area contributed by atoms with Crippen molar-refractivity contribution in [2.75, 3.05) is 7.05 Å². The van der Waals surface area contributed by atoms with Gasteiger partial charge in [0.15, 0.2) is 0 Å². The van der Waals surface area contributed by atoms with Crippen molar-refractivity contribution >= 4 is 0 Å². The smallest absolute Gasteiger partial charge is 0.123 e. The van der Waals surface area contributed by atoms with Gasteiger partial charge in [0.1, 0.15) is 5.82 Å². The molecule has 2 nitrogen and oxygen atoms in total. The third kappa shape index (κ3) is 3.30. The summed E-state index contributed by atoms with van der Waals surface area (Å²) in [6.45, 7) is 1.28. The van der Waals surface area contributed by atoms with Crippen molar-refractivity contribution in [2.45, 2.75) is 51.2 Å². The molecule has 0 saturated heterocycles. The molecular formula is C15H23FN2. The van der Waals surface area contributed by atoms with E-state index < -0.39 is 0 Å². The van der Waals surface area contributed by atoms with Crippen LogP contribution in [0.4, 0.5) is 4.39 Å². The van der Waals surface area contributed by atoms with Crippen molar-refractivity contribution in [3.8, 4) is 0 Å². The zero-order valence-electron chi connectivity index (χ0n) is 11.2. The number of nitrogens with zero attached hydrogens (tertiary/aromatic N) is 1. The minimum absolute atomic E-state index is 0.167. The molecule has 1 aromatic rings. The van der Waals surface area contributed by atoms with Crippen molar-refractivity contribution in [3.05, 3.63) is 35.1 Å². The summed E-state index contributed by atoms with van der Waals surface area (Å²) in [6.07, 6.45) is 6.54. The van der Waals surface area contributed by atoms with Crippen LogP contribution in [0.15, 0.2) is 18.2 Å². The van der Waals surface area contributed by atoms with Crippen LogP contribution in [0.1, 0.15) is 43.2 Å². The summed E-state index contributed by atoms with van der Waals surface area (Å²) in [5, 5.41) is 0. The van der Waals surface area contributed by atoms with Gasteiger partial charge in [-0.3, -0.25) is 4.90 Å². The van der Waals surface area contributed by atoms with Crippen LogP contribution in [0, 0.1) is 5.82 Å². The van der Waals surface area contributed by atoms with Gasteiger partial charge in [-0.05, 0) is 43.1 Å². The lowest BCUT2D eigenvalue weighted by molar-refractivity contribution is 0.184. The maximum Gasteiger partial charge on any atom is 0.123 e. The van der Waals surface area contributed by atoms with Gasteiger partial charge < -0.3 is 5.73 Å². The van der Waals surface area contributed by atoms with E-state index in [4.69, 9.17) is 5.73 Å². The Morgan fingerprint density at radius 2 is 1.94 bits per heavy atom. The number of nitrogens with two attached hydrogens (primary N) is 1. The van der Waals surface area contributed by atoms with Gasteiger partial charge in [-0.25, -0.2) is 4.39 Å². The first-order valence-electron chi connectivity index (χ1n) is 6.88. The van der Waals surface area contributed by atoms with E-state index in [0.717, 1.165) is 17.7 Å². The van der Waals surface area contributed by atoms with Crippen molar-refractivity contribution in [3.63, 3.8) is 0 Å². The minimum Gasteiger partial charge on any atom is -0.326 e. The van der Waals surface area contributed by atoms with Gasteiger partial charge in [-0.1, -0.05) is 25.3 Å². The molecule has 1 aromatic carbocycles. The normalized spacial score (nSPS) is 17.3. The van der Waals surface area contributed by atoms with Gasteiger partial charge in [0.25, 0.3) is 0 Å². The third-order valence-corrected chi connectivity index (χ3v) is 4.01. The van der Waals surface area contributed by atoms with Gasteiger partial charge in [0.05, 0.1) is 0 Å². The molecule has 0 aliphatic heterocycles. The fourth-order valence-electron chi connectivity index (χ4n) is 2.86. The molecule has 0 radical (unpaired) electrons. The first-order valence-corrected chi connectivity index (χ1v) is 6.88. The van der Waals surface area contributed by atoms with Crippen LogP contribution in [0.25, 0.3) is 0 Å². The molecule has 0 heterocycles. The highest BCUT2D eigenvalue weighted by molar-refractivity contribution is 5.27. The molecule has 1 fully saturated rings. The Kier molecular flexibility index (Phi) is 4.72. The van der Waals surface area contributed by atoms with E-state index in [-0.39, 0.29) is 5.82 Å². The molecule has 0 atom stereocenters. The van der Waals surface area contributed by atoms with Crippen LogP contribution in [0.3, 0.4) is 0 Å². The van der Waals surface area contributed by atoms with Crippen LogP contribution in [-0.4, -0.2) is 18.0 Å². The summed E-state index contributed by atoms with van der Waals surface area (Å²) in [5.74, 6) is -0.167. The number of rotatable bonds is 4. The van der Waals surface area contributed by atoms with Gasteiger partial charge in [-0.15, -0.1) is 0 Å². The molecular weight excluding hydrogens is 227 g/mol. The van der Waals surface area contributed by atoms with E-state index in [1.165, 1.54) is 38.2 Å². The summed E-state index contributed by atoms with van der Waals surface area (Å²) in [6, 6.07) is 5.57. The highest BCUT2D eigenvalue weighted by atomic mass is 19.1. The van der Waals surface area contributed by atoms with Gasteiger partial charge >= 0.3 is 0 Å². The predicted molar refractivity (Wildman–Crippen MR) is 72.6 cm³/mol. The average molecular weight is 250 g/mol. The molecule has 0 spiro atoms. The van der Waals surface area contributed by atoms with Gasteiger partial charge in [0, 0.05) is 19.1 Å². The lowest BCUT2D eigenvalue weighted by atomic mass is 9.94. The van der Waals surface area contributed by atoms with E-state index in [1.54, 1.807) is 12.1 Å². The van der Waals surface area contributed by atoms with Gasteiger partial charge in [0.2, 0.25) is 0 Å². The maximum atomic E-state index is 13.3. The standard InChI is InChI=1S/C15H23FN2/c1-18(15-5-3-2-4-6-15)11-13-9-14(16)8-7-12(13)10-17/h7-9,15H,2-6,10-11,17H2,1H3. The predicted octanol–water partition coefficient (Wildman–Crippen LogP) is 3.05. The Hall–Kier alpha value is -0.930. The number of hydrogen-bond acceptors (Lipinski definition) is 2. The molecule has 0 amide bonds. The van der Waals surface area contributed by atoms with Crippen LogP contribution >= 0.6 is 0 Å². The van der Waals surface area contributed by atoms with Crippen LogP contribution in [-0.2, 0) is 13.1 Å². The van der Waals surface area contributed by atoms with Crippen LogP contribution in [0.5, 0.6) is 0 Å². The fraction of sp³-hybridized carbons (Fsp3) is 0.600. The fourth-order valence-corrected chi connectivity index (χ4v) is 2.86. The highest BCUT2D eigenvalue weighted by Crippen LogP contribution is 2.23. The summed E-state index contributed by atoms with van der Waals surface area (Å²) >= 11 is 0. The van der Waals surface area contributed by atoms with Crippen molar-refractivity contribution in [2.24, 2.45) is 5.73 Å². The van der Waals surface area contributed by atoms with Crippen LogP contribution < -0.4 is 5.73 Å². The maximum absolute atomic E-state index is 13.3. The van der Waals surface area contributed by atoms with Crippen molar-refractivity contribution < 1.29 is 4.39 Å². The highest BCUT2D eigenvalue weighted by Gasteiger charge is 2.18. The zero-order chi connectivity index (χ0) is 13.0. The van der Waals surface area contributed by atoms with E-state index in [9.17, 15) is 4.39 Å². The molecule has 0 aromatic heterocycles. The Morgan fingerprint density at radius 1 is 1.22 bits per heavy atom. The van der Waals surface area contributed by atoms with Gasteiger partial charge in [-0.2, -0.15) is 0 Å². The molecule has 1 aliphatic carbocycles. The number of benzene rings is 1. The Labute approximate surface area is 109 Å². The summed E-state index contributed by atoms with van der Waals surface area (Å²) in [5.41, 5.74) is 7.80. The Bertz CT molecular complexity index is 386. The SMILES string of the molecule is CN(Cc1cc(F)ccc1CN)C1CCCCC1. The molecule has 0 unspecified atom stereocenters. The second-order valence-electron chi connectivity index (χ2n) is 5.32. The first kappa shape index (κ1) is 13.5. The van der Waals surface area contributed by atoms with E-state index in [1.807, 2.05) is 0 Å². The lowest BCUT2D eigenvalue weighted by Crippen LogP contribution is -2.33. The second-order valence-corrected chi connectivity index (χ2v) is 5.32. The molecule has 3 heteroatoms. The summed E-state index contributed by atoms with van der Waals surface area (Å²) < 4.78 is 13.3. The Balaban J connectivity index is 2.05.